The van der Waals surface area contributed by atoms with Gasteiger partial charge in [0.1, 0.15) is 0 Å². The van der Waals surface area contributed by atoms with E-state index in [9.17, 15) is 0 Å². The molecule has 0 bridgehead atoms. The second-order valence-electron chi connectivity index (χ2n) is 9.49. The van der Waals surface area contributed by atoms with Gasteiger partial charge in [-0.3, -0.25) is 0 Å². The second kappa shape index (κ2) is 6.59. The summed E-state index contributed by atoms with van der Waals surface area (Å²) in [6.07, 6.45) is 1.21. The van der Waals surface area contributed by atoms with Gasteiger partial charge < -0.3 is 8.85 Å². The van der Waals surface area contributed by atoms with Crippen molar-refractivity contribution in [1.29, 1.82) is 0 Å². The van der Waals surface area contributed by atoms with E-state index in [1.54, 1.807) is 0 Å². The number of rotatable bonds is 8. The van der Waals surface area contributed by atoms with Gasteiger partial charge in [-0.1, -0.05) is 33.0 Å². The summed E-state index contributed by atoms with van der Waals surface area (Å²) in [5.41, 5.74) is 0. The van der Waals surface area contributed by atoms with E-state index in [0.29, 0.717) is 0 Å². The van der Waals surface area contributed by atoms with E-state index < -0.39 is 24.7 Å². The third kappa shape index (κ3) is 5.94. The van der Waals surface area contributed by atoms with Crippen molar-refractivity contribution in [2.75, 3.05) is 0 Å². The van der Waals surface area contributed by atoms with Gasteiger partial charge in [0, 0.05) is 5.22 Å². The Balaban J connectivity index is 5.21. The minimum absolute atomic E-state index is 0.0141. The molecule has 0 aliphatic heterocycles. The predicted molar refractivity (Wildman–Crippen MR) is 104 cm³/mol. The van der Waals surface area contributed by atoms with Gasteiger partial charge in [0.25, 0.3) is 0 Å². The van der Waals surface area contributed by atoms with Crippen molar-refractivity contribution in [1.82, 2.24) is 0 Å². The molecule has 0 saturated heterocycles. The van der Waals surface area contributed by atoms with Gasteiger partial charge in [0.05, 0.1) is 13.3 Å². The lowest BCUT2D eigenvalue weighted by Crippen LogP contribution is -2.64. The fraction of sp³-hybridized carbons (Fsp3) is 1.00. The highest BCUT2D eigenvalue weighted by Gasteiger charge is 2.50. The average Bonchev–Trinajstić information content (AvgIpc) is 2.10. The topological polar surface area (TPSA) is 18.5 Å². The van der Waals surface area contributed by atoms with Gasteiger partial charge >= 0.3 is 0 Å². The van der Waals surface area contributed by atoms with Crippen molar-refractivity contribution in [2.45, 2.75) is 103 Å². The van der Waals surface area contributed by atoms with E-state index in [-0.39, 0.29) is 10.4 Å². The summed E-state index contributed by atoms with van der Waals surface area (Å²) in [7, 11) is -4.95. The number of hydrogen-bond acceptors (Lipinski definition) is 2. The zero-order valence-electron chi connectivity index (χ0n) is 16.7. The fourth-order valence-corrected chi connectivity index (χ4v) is 10.4. The molecule has 0 aliphatic carbocycles. The van der Waals surface area contributed by atoms with Crippen molar-refractivity contribution in [3.63, 3.8) is 0 Å². The number of hydrogen-bond donors (Lipinski definition) is 0. The van der Waals surface area contributed by atoms with Crippen LogP contribution in [-0.4, -0.2) is 35.2 Å². The Labute approximate surface area is 137 Å². The Morgan fingerprint density at radius 3 is 1.48 bits per heavy atom. The molecular weight excluding hydrogens is 308 g/mol. The van der Waals surface area contributed by atoms with Gasteiger partial charge in [-0.25, -0.2) is 0 Å². The van der Waals surface area contributed by atoms with Crippen LogP contribution in [0.1, 0.15) is 41.0 Å². The summed E-state index contributed by atoms with van der Waals surface area (Å²) in [5, 5.41) is -0.158. The first kappa shape index (κ1) is 21.6. The molecule has 5 heteroatoms. The van der Waals surface area contributed by atoms with E-state index >= 15 is 0 Å². The quantitative estimate of drug-likeness (QED) is 0.515. The van der Waals surface area contributed by atoms with Crippen LogP contribution in [0.2, 0.25) is 51.9 Å². The Kier molecular flexibility index (Phi) is 6.77. The molecule has 0 radical (unpaired) electrons. The van der Waals surface area contributed by atoms with E-state index in [1.165, 1.54) is 12.5 Å². The van der Waals surface area contributed by atoms with E-state index in [2.05, 4.69) is 80.4 Å². The largest absolute Gasteiger partial charge is 0.412 e. The molecule has 0 N–H and O–H groups in total. The van der Waals surface area contributed by atoms with Crippen LogP contribution < -0.4 is 0 Å². The average molecular weight is 349 g/mol. The van der Waals surface area contributed by atoms with Gasteiger partial charge in [0.2, 0.25) is 8.32 Å². The third-order valence-corrected chi connectivity index (χ3v) is 16.1. The molecule has 0 unspecified atom stereocenters. The first-order valence-electron chi connectivity index (χ1n) is 8.38. The SMILES string of the molecule is CCC[Si](C)(C)OC(C)(C)[Si](C)(C)OC(C)(C)[Si](C)(C)C. The van der Waals surface area contributed by atoms with Crippen molar-refractivity contribution >= 4 is 24.7 Å². The van der Waals surface area contributed by atoms with Crippen LogP contribution in [0.4, 0.5) is 0 Å². The van der Waals surface area contributed by atoms with Gasteiger partial charge in [-0.2, -0.15) is 0 Å². The summed E-state index contributed by atoms with van der Waals surface area (Å²) >= 11 is 0. The first-order chi connectivity index (χ1) is 8.97. The molecule has 2 nitrogen and oxygen atoms in total. The maximum atomic E-state index is 6.78. The van der Waals surface area contributed by atoms with Crippen molar-refractivity contribution in [2.24, 2.45) is 0 Å². The van der Waals surface area contributed by atoms with Gasteiger partial charge in [-0.05, 0) is 59.9 Å². The predicted octanol–water partition coefficient (Wildman–Crippen LogP) is 5.81. The summed E-state index contributed by atoms with van der Waals surface area (Å²) < 4.78 is 13.5. The molecule has 0 heterocycles. The molecule has 0 aromatic carbocycles. The van der Waals surface area contributed by atoms with Crippen LogP contribution in [0.5, 0.6) is 0 Å². The Morgan fingerprint density at radius 1 is 0.714 bits per heavy atom. The lowest BCUT2D eigenvalue weighted by molar-refractivity contribution is 0.0989. The van der Waals surface area contributed by atoms with Crippen LogP contribution >= 0.6 is 0 Å². The highest BCUT2D eigenvalue weighted by Crippen LogP contribution is 2.36. The van der Waals surface area contributed by atoms with Crippen LogP contribution in [-0.2, 0) is 8.85 Å². The minimum Gasteiger partial charge on any atom is -0.412 e. The molecule has 0 aromatic heterocycles. The second-order valence-corrected chi connectivity index (χ2v) is 23.9. The Morgan fingerprint density at radius 2 is 1.14 bits per heavy atom. The van der Waals surface area contributed by atoms with Crippen LogP contribution in [0.15, 0.2) is 0 Å². The standard InChI is InChI=1S/C16H40O2Si3/c1-13-14-20(9,10)17-16(4,5)21(11,12)18-15(2,3)19(6,7)8/h13-14H2,1-12H3. The molecule has 21 heavy (non-hydrogen) atoms. The third-order valence-electron chi connectivity index (χ3n) is 5.15. The highest BCUT2D eigenvalue weighted by atomic mass is 28.4. The molecular formula is C16H40O2Si3. The van der Waals surface area contributed by atoms with Gasteiger partial charge in [-0.15, -0.1) is 0 Å². The smallest absolute Gasteiger partial charge is 0.216 e. The summed E-state index contributed by atoms with van der Waals surface area (Å²) in [6, 6.07) is 1.22. The summed E-state index contributed by atoms with van der Waals surface area (Å²) in [4.78, 5) is 0. The Hall–Kier alpha value is 0.571. The summed E-state index contributed by atoms with van der Waals surface area (Å²) in [6.45, 7) is 27.8. The molecule has 0 spiro atoms. The molecule has 0 amide bonds. The van der Waals surface area contributed by atoms with Crippen molar-refractivity contribution in [3.05, 3.63) is 0 Å². The van der Waals surface area contributed by atoms with E-state index in [4.69, 9.17) is 8.85 Å². The van der Waals surface area contributed by atoms with Crippen LogP contribution in [0.3, 0.4) is 0 Å². The van der Waals surface area contributed by atoms with Gasteiger partial charge in [0.15, 0.2) is 8.32 Å². The molecule has 0 rings (SSSR count). The summed E-state index contributed by atoms with van der Waals surface area (Å²) in [5.74, 6) is 0. The zero-order valence-corrected chi connectivity index (χ0v) is 19.7. The van der Waals surface area contributed by atoms with Crippen molar-refractivity contribution in [3.8, 4) is 0 Å². The maximum Gasteiger partial charge on any atom is 0.216 e. The molecule has 0 fully saturated rings. The zero-order chi connectivity index (χ0) is 17.3. The van der Waals surface area contributed by atoms with Crippen LogP contribution in [0.25, 0.3) is 0 Å². The van der Waals surface area contributed by atoms with E-state index in [1.807, 2.05) is 0 Å². The Bertz CT molecular complexity index is 342. The molecule has 0 aromatic rings. The molecule has 0 atom stereocenters. The maximum absolute atomic E-state index is 6.78. The van der Waals surface area contributed by atoms with Crippen molar-refractivity contribution < 1.29 is 8.85 Å². The molecule has 128 valence electrons. The normalized spacial score (nSPS) is 15.4. The minimum atomic E-state index is -1.97. The fourth-order valence-electron chi connectivity index (χ4n) is 2.38. The molecule has 0 aliphatic rings. The lowest BCUT2D eigenvalue weighted by atomic mass is 10.5. The molecule has 0 saturated carbocycles. The highest BCUT2D eigenvalue weighted by molar-refractivity contribution is 6.82. The van der Waals surface area contributed by atoms with Crippen LogP contribution in [0, 0.1) is 0 Å². The first-order valence-corrected chi connectivity index (χ1v) is 17.9. The monoisotopic (exact) mass is 348 g/mol. The lowest BCUT2D eigenvalue weighted by Gasteiger charge is -2.50. The van der Waals surface area contributed by atoms with E-state index in [0.717, 1.165) is 0 Å².